The maximum atomic E-state index is 11.7. The van der Waals surface area contributed by atoms with Gasteiger partial charge in [0.25, 0.3) is 0 Å². The molecule has 0 saturated heterocycles. The lowest BCUT2D eigenvalue weighted by Crippen LogP contribution is -2.30. The number of amides is 1. The molecule has 5 nitrogen and oxygen atoms in total. The van der Waals surface area contributed by atoms with Crippen LogP contribution in [-0.2, 0) is 17.8 Å². The van der Waals surface area contributed by atoms with E-state index in [0.29, 0.717) is 18.9 Å². The van der Waals surface area contributed by atoms with Gasteiger partial charge in [-0.3, -0.25) is 9.48 Å². The van der Waals surface area contributed by atoms with E-state index in [-0.39, 0.29) is 5.91 Å². The average Bonchev–Trinajstić information content (AvgIpc) is 2.62. The smallest absolute Gasteiger partial charge is 0.220 e. The van der Waals surface area contributed by atoms with Gasteiger partial charge < -0.3 is 10.6 Å². The van der Waals surface area contributed by atoms with Gasteiger partial charge in [0.1, 0.15) is 0 Å². The van der Waals surface area contributed by atoms with E-state index in [1.165, 1.54) is 11.3 Å². The molecule has 114 valence electrons. The Hall–Kier alpha value is -1.36. The third-order valence-electron chi connectivity index (χ3n) is 3.37. The number of likely N-dealkylation sites (N-methyl/N-ethyl adjacent to an activating group) is 1. The SMILES string of the molecule is CNCCNC(=O)CCc1c(C)nn(CC(C)C)c1C. The van der Waals surface area contributed by atoms with Gasteiger partial charge in [-0.2, -0.15) is 5.10 Å². The zero-order valence-corrected chi connectivity index (χ0v) is 13.4. The Balaban J connectivity index is 2.55. The summed E-state index contributed by atoms with van der Waals surface area (Å²) in [5, 5.41) is 10.5. The quantitative estimate of drug-likeness (QED) is 0.708. The summed E-state index contributed by atoms with van der Waals surface area (Å²) in [6, 6.07) is 0. The van der Waals surface area contributed by atoms with E-state index in [9.17, 15) is 4.79 Å². The molecule has 1 aromatic heterocycles. The Morgan fingerprint density at radius 2 is 2.00 bits per heavy atom. The molecule has 0 fully saturated rings. The first-order valence-corrected chi connectivity index (χ1v) is 7.39. The number of hydrogen-bond acceptors (Lipinski definition) is 3. The fourth-order valence-electron chi connectivity index (χ4n) is 2.27. The van der Waals surface area contributed by atoms with Crippen molar-refractivity contribution in [1.82, 2.24) is 20.4 Å². The van der Waals surface area contributed by atoms with Crippen LogP contribution in [-0.4, -0.2) is 35.8 Å². The monoisotopic (exact) mass is 280 g/mol. The lowest BCUT2D eigenvalue weighted by Gasteiger charge is -2.08. The van der Waals surface area contributed by atoms with Crippen LogP contribution in [0.3, 0.4) is 0 Å². The summed E-state index contributed by atoms with van der Waals surface area (Å²) in [4.78, 5) is 11.7. The molecule has 0 unspecified atom stereocenters. The number of carbonyl (C=O) groups excluding carboxylic acids is 1. The Labute approximate surface area is 122 Å². The Morgan fingerprint density at radius 3 is 2.60 bits per heavy atom. The van der Waals surface area contributed by atoms with Crippen LogP contribution in [0.4, 0.5) is 0 Å². The molecule has 0 saturated carbocycles. The summed E-state index contributed by atoms with van der Waals surface area (Å²) in [6.07, 6.45) is 1.29. The zero-order valence-electron chi connectivity index (χ0n) is 13.4. The van der Waals surface area contributed by atoms with E-state index in [0.717, 1.165) is 25.2 Å². The van der Waals surface area contributed by atoms with E-state index in [1.807, 2.05) is 14.0 Å². The molecule has 20 heavy (non-hydrogen) atoms. The third-order valence-corrected chi connectivity index (χ3v) is 3.37. The molecular weight excluding hydrogens is 252 g/mol. The molecular formula is C15H28N4O. The minimum Gasteiger partial charge on any atom is -0.355 e. The summed E-state index contributed by atoms with van der Waals surface area (Å²) in [7, 11) is 1.88. The molecule has 5 heteroatoms. The number of nitrogens with zero attached hydrogens (tertiary/aromatic N) is 2. The van der Waals surface area contributed by atoms with Crippen molar-refractivity contribution in [3.8, 4) is 0 Å². The lowest BCUT2D eigenvalue weighted by molar-refractivity contribution is -0.121. The summed E-state index contributed by atoms with van der Waals surface area (Å²) in [6.45, 7) is 10.9. The summed E-state index contributed by atoms with van der Waals surface area (Å²) in [5.41, 5.74) is 3.46. The molecule has 0 atom stereocenters. The molecule has 2 N–H and O–H groups in total. The second-order valence-electron chi connectivity index (χ2n) is 5.68. The zero-order chi connectivity index (χ0) is 15.1. The molecule has 0 aliphatic carbocycles. The number of aryl methyl sites for hydroxylation is 1. The topological polar surface area (TPSA) is 58.9 Å². The van der Waals surface area contributed by atoms with Gasteiger partial charge in [0.05, 0.1) is 5.69 Å². The summed E-state index contributed by atoms with van der Waals surface area (Å²) < 4.78 is 2.06. The molecule has 1 aromatic rings. The van der Waals surface area contributed by atoms with Crippen LogP contribution in [0.1, 0.15) is 37.2 Å². The van der Waals surface area contributed by atoms with Gasteiger partial charge in [0, 0.05) is 31.7 Å². The molecule has 1 rings (SSSR count). The molecule has 0 aliphatic rings. The van der Waals surface area contributed by atoms with E-state index >= 15 is 0 Å². The molecule has 0 radical (unpaired) electrons. The predicted octanol–water partition coefficient (Wildman–Crippen LogP) is 1.42. The molecule has 0 aliphatic heterocycles. The van der Waals surface area contributed by atoms with Crippen molar-refractivity contribution in [2.24, 2.45) is 5.92 Å². The molecule has 0 bridgehead atoms. The largest absolute Gasteiger partial charge is 0.355 e. The van der Waals surface area contributed by atoms with Gasteiger partial charge in [-0.1, -0.05) is 13.8 Å². The average molecular weight is 280 g/mol. The van der Waals surface area contributed by atoms with Gasteiger partial charge >= 0.3 is 0 Å². The fourth-order valence-corrected chi connectivity index (χ4v) is 2.27. The van der Waals surface area contributed by atoms with Crippen molar-refractivity contribution >= 4 is 5.91 Å². The summed E-state index contributed by atoms with van der Waals surface area (Å²) >= 11 is 0. The highest BCUT2D eigenvalue weighted by molar-refractivity contribution is 5.76. The van der Waals surface area contributed by atoms with E-state index in [2.05, 4.69) is 41.2 Å². The van der Waals surface area contributed by atoms with E-state index in [1.54, 1.807) is 0 Å². The Kier molecular flexibility index (Phi) is 6.71. The highest BCUT2D eigenvalue weighted by Crippen LogP contribution is 2.16. The number of rotatable bonds is 8. The minimum atomic E-state index is 0.107. The van der Waals surface area contributed by atoms with Gasteiger partial charge in [-0.05, 0) is 38.8 Å². The van der Waals surface area contributed by atoms with Crippen LogP contribution in [0.5, 0.6) is 0 Å². The normalized spacial score (nSPS) is 11.1. The number of carbonyl (C=O) groups is 1. The van der Waals surface area contributed by atoms with Crippen LogP contribution >= 0.6 is 0 Å². The van der Waals surface area contributed by atoms with Gasteiger partial charge in [-0.25, -0.2) is 0 Å². The van der Waals surface area contributed by atoms with Crippen LogP contribution in [0.2, 0.25) is 0 Å². The maximum Gasteiger partial charge on any atom is 0.220 e. The lowest BCUT2D eigenvalue weighted by atomic mass is 10.1. The van der Waals surface area contributed by atoms with Crippen molar-refractivity contribution in [1.29, 1.82) is 0 Å². The Morgan fingerprint density at radius 1 is 1.30 bits per heavy atom. The van der Waals surface area contributed by atoms with Crippen LogP contribution in [0.15, 0.2) is 0 Å². The first-order chi connectivity index (χ1) is 9.45. The van der Waals surface area contributed by atoms with Crippen molar-refractivity contribution in [2.45, 2.75) is 47.1 Å². The van der Waals surface area contributed by atoms with Gasteiger partial charge in [0.2, 0.25) is 5.91 Å². The standard InChI is InChI=1S/C15H28N4O/c1-11(2)10-19-13(4)14(12(3)18-19)6-7-15(20)17-9-8-16-5/h11,16H,6-10H2,1-5H3,(H,17,20). The van der Waals surface area contributed by atoms with Crippen molar-refractivity contribution in [3.05, 3.63) is 17.0 Å². The third kappa shape index (κ3) is 4.96. The predicted molar refractivity (Wildman–Crippen MR) is 81.8 cm³/mol. The van der Waals surface area contributed by atoms with Gasteiger partial charge in [-0.15, -0.1) is 0 Å². The first-order valence-electron chi connectivity index (χ1n) is 7.39. The fraction of sp³-hybridized carbons (Fsp3) is 0.733. The molecule has 1 heterocycles. The second kappa shape index (κ2) is 8.04. The summed E-state index contributed by atoms with van der Waals surface area (Å²) in [5.74, 6) is 0.682. The molecule has 1 amide bonds. The van der Waals surface area contributed by atoms with E-state index in [4.69, 9.17) is 0 Å². The van der Waals surface area contributed by atoms with Crippen LogP contribution in [0.25, 0.3) is 0 Å². The van der Waals surface area contributed by atoms with E-state index < -0.39 is 0 Å². The molecule has 0 aromatic carbocycles. The van der Waals surface area contributed by atoms with Crippen molar-refractivity contribution in [3.63, 3.8) is 0 Å². The number of hydrogen-bond donors (Lipinski definition) is 2. The van der Waals surface area contributed by atoms with Crippen LogP contribution < -0.4 is 10.6 Å². The first kappa shape index (κ1) is 16.7. The molecule has 0 spiro atoms. The highest BCUT2D eigenvalue weighted by atomic mass is 16.1. The van der Waals surface area contributed by atoms with Gasteiger partial charge in [0.15, 0.2) is 0 Å². The minimum absolute atomic E-state index is 0.107. The van der Waals surface area contributed by atoms with Crippen molar-refractivity contribution < 1.29 is 4.79 Å². The maximum absolute atomic E-state index is 11.7. The highest BCUT2D eigenvalue weighted by Gasteiger charge is 2.13. The Bertz CT molecular complexity index is 437. The number of aromatic nitrogens is 2. The second-order valence-corrected chi connectivity index (χ2v) is 5.68. The van der Waals surface area contributed by atoms with Crippen LogP contribution in [0, 0.1) is 19.8 Å². The number of nitrogens with one attached hydrogen (secondary N) is 2. The van der Waals surface area contributed by atoms with Crippen molar-refractivity contribution in [2.75, 3.05) is 20.1 Å².